The molecule has 0 N–H and O–H groups in total. The van der Waals surface area contributed by atoms with Gasteiger partial charge in [0.15, 0.2) is 0 Å². The van der Waals surface area contributed by atoms with Crippen molar-refractivity contribution in [2.24, 2.45) is 0 Å². The topological polar surface area (TPSA) is 0 Å². The molecule has 0 saturated heterocycles. The molecule has 2 rings (SSSR count). The monoisotopic (exact) mass is 224 g/mol. The predicted molar refractivity (Wildman–Crippen MR) is 55.9 cm³/mol. The lowest BCUT2D eigenvalue weighted by Crippen LogP contribution is -2.10. The summed E-state index contributed by atoms with van der Waals surface area (Å²) in [7, 11) is 0. The molecule has 0 spiro atoms. The van der Waals surface area contributed by atoms with E-state index in [4.69, 9.17) is 0 Å². The van der Waals surface area contributed by atoms with Gasteiger partial charge in [-0.1, -0.05) is 40.2 Å². The minimum absolute atomic E-state index is 0.759. The van der Waals surface area contributed by atoms with E-state index in [1.54, 1.807) is 11.1 Å². The zero-order valence-corrected chi connectivity index (χ0v) is 8.68. The van der Waals surface area contributed by atoms with Gasteiger partial charge in [-0.05, 0) is 36.3 Å². The molecule has 12 heavy (non-hydrogen) atoms. The molecule has 1 aromatic carbocycles. The van der Waals surface area contributed by atoms with Crippen molar-refractivity contribution in [1.82, 2.24) is 0 Å². The van der Waals surface area contributed by atoms with E-state index in [-0.39, 0.29) is 0 Å². The highest BCUT2D eigenvalue weighted by molar-refractivity contribution is 9.09. The fourth-order valence-corrected chi connectivity index (χ4v) is 2.69. The van der Waals surface area contributed by atoms with E-state index in [0.717, 1.165) is 11.2 Å². The van der Waals surface area contributed by atoms with Gasteiger partial charge in [-0.15, -0.1) is 0 Å². The smallest absolute Gasteiger partial charge is 0.0100 e. The number of halogens is 1. The Balaban J connectivity index is 2.37. The quantitative estimate of drug-likeness (QED) is 0.641. The summed E-state index contributed by atoms with van der Waals surface area (Å²) >= 11 is 3.58. The van der Waals surface area contributed by atoms with E-state index >= 15 is 0 Å². The van der Waals surface area contributed by atoms with Crippen LogP contribution >= 0.6 is 15.9 Å². The lowest BCUT2D eigenvalue weighted by Gasteiger charge is -2.23. The fourth-order valence-electron chi connectivity index (χ4n) is 2.01. The molecular formula is C11H13Br. The van der Waals surface area contributed by atoms with Gasteiger partial charge in [0.1, 0.15) is 0 Å². The van der Waals surface area contributed by atoms with E-state index in [9.17, 15) is 0 Å². The van der Waals surface area contributed by atoms with Gasteiger partial charge >= 0.3 is 0 Å². The first-order chi connectivity index (χ1) is 5.92. The molecule has 0 bridgehead atoms. The molecule has 1 aliphatic carbocycles. The van der Waals surface area contributed by atoms with Crippen molar-refractivity contribution in [3.63, 3.8) is 0 Å². The first-order valence-electron chi connectivity index (χ1n) is 4.55. The van der Waals surface area contributed by atoms with Crippen LogP contribution in [0.3, 0.4) is 0 Å². The lowest BCUT2D eigenvalue weighted by molar-refractivity contribution is 0.599. The first kappa shape index (κ1) is 8.31. The summed E-state index contributed by atoms with van der Waals surface area (Å²) in [5, 5.41) is 1.12. The van der Waals surface area contributed by atoms with Crippen LogP contribution in [0.25, 0.3) is 0 Å². The van der Waals surface area contributed by atoms with Crippen LogP contribution in [0.5, 0.6) is 0 Å². The van der Waals surface area contributed by atoms with Crippen molar-refractivity contribution in [2.45, 2.75) is 25.2 Å². The molecule has 0 nitrogen and oxygen atoms in total. The fraction of sp³-hybridized carbons (Fsp3) is 0.455. The van der Waals surface area contributed by atoms with Crippen LogP contribution in [-0.2, 0) is 6.42 Å². The maximum Gasteiger partial charge on any atom is 0.0100 e. The highest BCUT2D eigenvalue weighted by atomic mass is 79.9. The zero-order chi connectivity index (χ0) is 8.39. The molecular weight excluding hydrogens is 212 g/mol. The van der Waals surface area contributed by atoms with Crippen LogP contribution in [0, 0.1) is 0 Å². The zero-order valence-electron chi connectivity index (χ0n) is 7.09. The Bertz CT molecular complexity index is 267. The number of alkyl halides is 1. The Hall–Kier alpha value is -0.300. The minimum Gasteiger partial charge on any atom is -0.0921 e. The molecule has 0 radical (unpaired) electrons. The summed E-state index contributed by atoms with van der Waals surface area (Å²) < 4.78 is 0. The molecule has 0 heterocycles. The van der Waals surface area contributed by atoms with E-state index < -0.39 is 0 Å². The Morgan fingerprint density at radius 2 is 2.17 bits per heavy atom. The highest BCUT2D eigenvalue weighted by Crippen LogP contribution is 2.32. The molecule has 0 amide bonds. The van der Waals surface area contributed by atoms with Crippen LogP contribution < -0.4 is 0 Å². The Labute approximate surface area is 82.1 Å². The summed E-state index contributed by atoms with van der Waals surface area (Å²) in [5.74, 6) is 0.759. The van der Waals surface area contributed by atoms with E-state index in [1.807, 2.05) is 0 Å². The maximum absolute atomic E-state index is 3.58. The largest absolute Gasteiger partial charge is 0.0921 e. The van der Waals surface area contributed by atoms with Crippen molar-refractivity contribution >= 4 is 15.9 Å². The van der Waals surface area contributed by atoms with E-state index in [0.29, 0.717) is 0 Å². The van der Waals surface area contributed by atoms with Crippen molar-refractivity contribution in [1.29, 1.82) is 0 Å². The number of fused-ring (bicyclic) bond motifs is 1. The molecule has 0 unspecified atom stereocenters. The summed E-state index contributed by atoms with van der Waals surface area (Å²) in [6, 6.07) is 8.85. The molecule has 1 atom stereocenters. The van der Waals surface area contributed by atoms with Crippen molar-refractivity contribution in [2.75, 3.05) is 5.33 Å². The van der Waals surface area contributed by atoms with Crippen molar-refractivity contribution < 1.29 is 0 Å². The maximum atomic E-state index is 3.58. The third-order valence-corrected chi connectivity index (χ3v) is 3.46. The second-order valence-electron chi connectivity index (χ2n) is 3.44. The summed E-state index contributed by atoms with van der Waals surface area (Å²) in [6.07, 6.45) is 3.98. The standard InChI is InChI=1S/C11H13Br/c12-8-10-6-3-5-9-4-1-2-7-11(9)10/h1-2,4,7,10H,3,5-6,8H2/t10-/m1/s1. The number of benzene rings is 1. The predicted octanol–water partition coefficient (Wildman–Crippen LogP) is 3.50. The molecule has 1 aliphatic rings. The van der Waals surface area contributed by atoms with Gasteiger partial charge < -0.3 is 0 Å². The first-order valence-corrected chi connectivity index (χ1v) is 5.67. The Morgan fingerprint density at radius 3 is 3.00 bits per heavy atom. The highest BCUT2D eigenvalue weighted by Gasteiger charge is 2.17. The van der Waals surface area contributed by atoms with Crippen LogP contribution in [-0.4, -0.2) is 5.33 Å². The minimum atomic E-state index is 0.759. The Kier molecular flexibility index (Phi) is 2.50. The number of rotatable bonds is 1. The van der Waals surface area contributed by atoms with Crippen LogP contribution in [0.1, 0.15) is 29.9 Å². The van der Waals surface area contributed by atoms with Gasteiger partial charge in [-0.3, -0.25) is 0 Å². The number of hydrogen-bond donors (Lipinski definition) is 0. The number of aryl methyl sites for hydroxylation is 1. The van der Waals surface area contributed by atoms with Crippen molar-refractivity contribution in [3.8, 4) is 0 Å². The molecule has 1 aromatic rings. The van der Waals surface area contributed by atoms with Crippen molar-refractivity contribution in [3.05, 3.63) is 35.4 Å². The molecule has 0 aromatic heterocycles. The normalized spacial score (nSPS) is 21.9. The lowest BCUT2D eigenvalue weighted by atomic mass is 9.84. The molecule has 0 fully saturated rings. The second kappa shape index (κ2) is 3.61. The summed E-state index contributed by atoms with van der Waals surface area (Å²) in [5.41, 5.74) is 3.13. The summed E-state index contributed by atoms with van der Waals surface area (Å²) in [4.78, 5) is 0. The van der Waals surface area contributed by atoms with Gasteiger partial charge in [0.05, 0.1) is 0 Å². The van der Waals surface area contributed by atoms with E-state index in [2.05, 4.69) is 40.2 Å². The average Bonchev–Trinajstić information content (AvgIpc) is 2.17. The third-order valence-electron chi connectivity index (χ3n) is 2.68. The second-order valence-corrected chi connectivity index (χ2v) is 4.09. The van der Waals surface area contributed by atoms with Gasteiger partial charge in [-0.2, -0.15) is 0 Å². The van der Waals surface area contributed by atoms with E-state index in [1.165, 1.54) is 19.3 Å². The van der Waals surface area contributed by atoms with Crippen LogP contribution in [0.15, 0.2) is 24.3 Å². The molecule has 64 valence electrons. The third kappa shape index (κ3) is 1.42. The SMILES string of the molecule is BrC[C@H]1CCCc2ccccc21. The van der Waals surface area contributed by atoms with Gasteiger partial charge in [-0.25, -0.2) is 0 Å². The Morgan fingerprint density at radius 1 is 1.33 bits per heavy atom. The molecule has 0 saturated carbocycles. The average molecular weight is 225 g/mol. The molecule has 1 heteroatoms. The van der Waals surface area contributed by atoms with Gasteiger partial charge in [0.25, 0.3) is 0 Å². The van der Waals surface area contributed by atoms with Crippen LogP contribution in [0.4, 0.5) is 0 Å². The van der Waals surface area contributed by atoms with Gasteiger partial charge in [0, 0.05) is 5.33 Å². The molecule has 0 aliphatic heterocycles. The number of hydrogen-bond acceptors (Lipinski definition) is 0. The van der Waals surface area contributed by atoms with Gasteiger partial charge in [0.2, 0.25) is 0 Å². The summed E-state index contributed by atoms with van der Waals surface area (Å²) in [6.45, 7) is 0. The van der Waals surface area contributed by atoms with Crippen LogP contribution in [0.2, 0.25) is 0 Å².